The van der Waals surface area contributed by atoms with Crippen molar-refractivity contribution in [1.29, 1.82) is 0 Å². The van der Waals surface area contributed by atoms with Gasteiger partial charge in [-0.15, -0.1) is 0 Å². The highest BCUT2D eigenvalue weighted by Crippen LogP contribution is 2.36. The van der Waals surface area contributed by atoms with Crippen molar-refractivity contribution in [3.05, 3.63) is 4.88 Å². The molecule has 3 rings (SSSR count). The summed E-state index contributed by atoms with van der Waals surface area (Å²) in [7, 11) is 0. The number of aromatic nitrogens is 1. The molecule has 0 aromatic carbocycles. The number of hydrogen-bond acceptors (Lipinski definition) is 7. The standard InChI is InChI=1S/C13H21N5O2S/c14-8-1-5-18(6-2-8)12-16-10(15)9(21-12)11(20)17-13(7-19)3-4-13/h8,19H,1-7,14-15H2,(H,17,20). The number of aliphatic hydroxyl groups excluding tert-OH is 1. The zero-order valence-corrected chi connectivity index (χ0v) is 12.7. The summed E-state index contributed by atoms with van der Waals surface area (Å²) in [5.41, 5.74) is 11.3. The van der Waals surface area contributed by atoms with Gasteiger partial charge in [0.25, 0.3) is 5.91 Å². The summed E-state index contributed by atoms with van der Waals surface area (Å²) in [6.45, 7) is 1.65. The monoisotopic (exact) mass is 311 g/mol. The van der Waals surface area contributed by atoms with Crippen LogP contribution in [0.25, 0.3) is 0 Å². The van der Waals surface area contributed by atoms with Gasteiger partial charge in [-0.3, -0.25) is 4.79 Å². The van der Waals surface area contributed by atoms with Crippen molar-refractivity contribution < 1.29 is 9.90 Å². The molecular weight excluding hydrogens is 290 g/mol. The second-order valence-corrected chi connectivity index (χ2v) is 6.91. The van der Waals surface area contributed by atoms with Crippen LogP contribution in [0.4, 0.5) is 10.9 Å². The van der Waals surface area contributed by atoms with E-state index in [1.165, 1.54) is 11.3 Å². The van der Waals surface area contributed by atoms with Crippen LogP contribution in [0.2, 0.25) is 0 Å². The molecule has 8 heteroatoms. The highest BCUT2D eigenvalue weighted by molar-refractivity contribution is 7.18. The minimum atomic E-state index is -0.439. The number of nitrogen functional groups attached to an aromatic ring is 1. The average Bonchev–Trinajstić information content (AvgIpc) is 3.13. The van der Waals surface area contributed by atoms with Gasteiger partial charge in [0.05, 0.1) is 12.1 Å². The molecule has 2 heterocycles. The second kappa shape index (κ2) is 5.43. The van der Waals surface area contributed by atoms with Crippen molar-refractivity contribution in [2.45, 2.75) is 37.3 Å². The molecule has 2 fully saturated rings. The van der Waals surface area contributed by atoms with Gasteiger partial charge in [-0.2, -0.15) is 0 Å². The number of carbonyl (C=O) groups excluding carboxylic acids is 1. The minimum Gasteiger partial charge on any atom is -0.394 e. The number of thiazole rings is 1. The Balaban J connectivity index is 1.70. The zero-order chi connectivity index (χ0) is 15.0. The molecule has 1 amide bonds. The number of nitrogens with one attached hydrogen (secondary N) is 1. The van der Waals surface area contributed by atoms with E-state index in [2.05, 4.69) is 15.2 Å². The molecule has 1 saturated carbocycles. The van der Waals surface area contributed by atoms with E-state index < -0.39 is 5.54 Å². The van der Waals surface area contributed by atoms with Gasteiger partial charge in [-0.1, -0.05) is 11.3 Å². The van der Waals surface area contributed by atoms with Gasteiger partial charge in [-0.05, 0) is 25.7 Å². The van der Waals surface area contributed by atoms with Crippen LogP contribution >= 0.6 is 11.3 Å². The molecule has 6 N–H and O–H groups in total. The van der Waals surface area contributed by atoms with Gasteiger partial charge in [0.15, 0.2) is 5.13 Å². The van der Waals surface area contributed by atoms with Crippen LogP contribution in [0.1, 0.15) is 35.4 Å². The molecule has 0 radical (unpaired) electrons. The lowest BCUT2D eigenvalue weighted by atomic mass is 10.1. The predicted molar refractivity (Wildman–Crippen MR) is 82.5 cm³/mol. The van der Waals surface area contributed by atoms with Crippen molar-refractivity contribution in [3.63, 3.8) is 0 Å². The molecule has 0 unspecified atom stereocenters. The van der Waals surface area contributed by atoms with Gasteiger partial charge < -0.3 is 26.8 Å². The third kappa shape index (κ3) is 2.97. The molecule has 21 heavy (non-hydrogen) atoms. The van der Waals surface area contributed by atoms with E-state index in [1.807, 2.05) is 0 Å². The number of hydrogen-bond donors (Lipinski definition) is 4. The molecule has 1 aromatic heterocycles. The first-order chi connectivity index (χ1) is 10.0. The summed E-state index contributed by atoms with van der Waals surface area (Å²) in [6.07, 6.45) is 3.47. The van der Waals surface area contributed by atoms with E-state index in [-0.39, 0.29) is 24.4 Å². The van der Waals surface area contributed by atoms with E-state index >= 15 is 0 Å². The topological polar surface area (TPSA) is 118 Å². The lowest BCUT2D eigenvalue weighted by molar-refractivity contribution is 0.0911. The van der Waals surface area contributed by atoms with Crippen molar-refractivity contribution in [2.75, 3.05) is 30.3 Å². The molecule has 1 saturated heterocycles. The number of anilines is 2. The molecule has 1 aliphatic heterocycles. The molecule has 116 valence electrons. The Morgan fingerprint density at radius 1 is 1.48 bits per heavy atom. The predicted octanol–water partition coefficient (Wildman–Crippen LogP) is -0.0925. The normalized spacial score (nSPS) is 21.3. The molecule has 0 bridgehead atoms. The van der Waals surface area contributed by atoms with Gasteiger partial charge in [0, 0.05) is 19.1 Å². The maximum absolute atomic E-state index is 12.3. The summed E-state index contributed by atoms with van der Waals surface area (Å²) in [4.78, 5) is 19.1. The van der Waals surface area contributed by atoms with Gasteiger partial charge in [0.1, 0.15) is 10.7 Å². The number of carbonyl (C=O) groups is 1. The number of piperidine rings is 1. The maximum Gasteiger partial charge on any atom is 0.265 e. The van der Waals surface area contributed by atoms with Crippen LogP contribution in [0.5, 0.6) is 0 Å². The van der Waals surface area contributed by atoms with Crippen molar-refractivity contribution in [2.24, 2.45) is 5.73 Å². The number of amides is 1. The van der Waals surface area contributed by atoms with E-state index in [9.17, 15) is 9.90 Å². The molecular formula is C13H21N5O2S. The lowest BCUT2D eigenvalue weighted by Crippen LogP contribution is -2.39. The van der Waals surface area contributed by atoms with Crippen LogP contribution in [0, 0.1) is 0 Å². The Labute approximate surface area is 127 Å². The number of aliphatic hydroxyl groups is 1. The molecule has 0 spiro atoms. The van der Waals surface area contributed by atoms with E-state index in [0.29, 0.717) is 4.88 Å². The van der Waals surface area contributed by atoms with Crippen molar-refractivity contribution >= 4 is 28.2 Å². The van der Waals surface area contributed by atoms with Crippen molar-refractivity contribution in [1.82, 2.24) is 10.3 Å². The summed E-state index contributed by atoms with van der Waals surface area (Å²) in [6, 6.07) is 0.251. The lowest BCUT2D eigenvalue weighted by Gasteiger charge is -2.29. The average molecular weight is 311 g/mol. The molecule has 2 aliphatic rings. The largest absolute Gasteiger partial charge is 0.394 e. The first kappa shape index (κ1) is 14.6. The first-order valence-electron chi connectivity index (χ1n) is 7.23. The highest BCUT2D eigenvalue weighted by Gasteiger charge is 2.44. The Morgan fingerprint density at radius 3 is 2.71 bits per heavy atom. The Morgan fingerprint density at radius 2 is 2.14 bits per heavy atom. The number of nitrogens with zero attached hydrogens (tertiary/aromatic N) is 2. The third-order valence-corrected chi connectivity index (χ3v) is 5.32. The van der Waals surface area contributed by atoms with Crippen LogP contribution in [-0.2, 0) is 0 Å². The Hall–Kier alpha value is -1.38. The summed E-state index contributed by atoms with van der Waals surface area (Å²) < 4.78 is 0. The highest BCUT2D eigenvalue weighted by atomic mass is 32.1. The van der Waals surface area contributed by atoms with Crippen LogP contribution in [-0.4, -0.2) is 47.3 Å². The molecule has 1 aliphatic carbocycles. The molecule has 1 aromatic rings. The van der Waals surface area contributed by atoms with E-state index in [1.54, 1.807) is 0 Å². The van der Waals surface area contributed by atoms with Gasteiger partial charge >= 0.3 is 0 Å². The Bertz CT molecular complexity index is 535. The number of nitrogens with two attached hydrogens (primary N) is 2. The fraction of sp³-hybridized carbons (Fsp3) is 0.692. The van der Waals surface area contributed by atoms with E-state index in [4.69, 9.17) is 11.5 Å². The summed E-state index contributed by atoms with van der Waals surface area (Å²) in [5, 5.41) is 12.9. The minimum absolute atomic E-state index is 0.0334. The molecule has 0 atom stereocenters. The molecule has 7 nitrogen and oxygen atoms in total. The SMILES string of the molecule is Nc1nc(N2CCC(N)CC2)sc1C(=O)NC1(CO)CC1. The first-order valence-corrected chi connectivity index (χ1v) is 8.05. The van der Waals surface area contributed by atoms with Crippen molar-refractivity contribution in [3.8, 4) is 0 Å². The summed E-state index contributed by atoms with van der Waals surface area (Å²) in [5.74, 6) is 0.0209. The zero-order valence-electron chi connectivity index (χ0n) is 11.8. The second-order valence-electron chi connectivity index (χ2n) is 5.93. The Kier molecular flexibility index (Phi) is 3.76. The van der Waals surface area contributed by atoms with Crippen LogP contribution in [0.15, 0.2) is 0 Å². The van der Waals surface area contributed by atoms with Gasteiger partial charge in [0.2, 0.25) is 0 Å². The maximum atomic E-state index is 12.3. The van der Waals surface area contributed by atoms with E-state index in [0.717, 1.165) is 43.9 Å². The van der Waals surface area contributed by atoms with Gasteiger partial charge in [-0.25, -0.2) is 4.98 Å². The summed E-state index contributed by atoms with van der Waals surface area (Å²) >= 11 is 1.31. The fourth-order valence-corrected chi connectivity index (χ4v) is 3.41. The van der Waals surface area contributed by atoms with Crippen LogP contribution in [0.3, 0.4) is 0 Å². The number of rotatable bonds is 4. The third-order valence-electron chi connectivity index (χ3n) is 4.19. The van der Waals surface area contributed by atoms with Crippen LogP contribution < -0.4 is 21.7 Å². The fourth-order valence-electron chi connectivity index (χ4n) is 2.48. The smallest absolute Gasteiger partial charge is 0.265 e. The quantitative estimate of drug-likeness (QED) is 0.617.